The van der Waals surface area contributed by atoms with Gasteiger partial charge in [0.25, 0.3) is 0 Å². The van der Waals surface area contributed by atoms with E-state index in [9.17, 15) is 0 Å². The second-order valence-corrected chi connectivity index (χ2v) is 4.23. The summed E-state index contributed by atoms with van der Waals surface area (Å²) in [7, 11) is 1.97. The Labute approximate surface area is 105 Å². The minimum absolute atomic E-state index is 0.385. The molecular formula is C15H22N2. The summed E-state index contributed by atoms with van der Waals surface area (Å²) >= 11 is 0. The van der Waals surface area contributed by atoms with Crippen molar-refractivity contribution in [1.29, 1.82) is 0 Å². The lowest BCUT2D eigenvalue weighted by Crippen LogP contribution is -2.24. The van der Waals surface area contributed by atoms with Crippen LogP contribution in [0.3, 0.4) is 0 Å². The van der Waals surface area contributed by atoms with Crippen LogP contribution in [0.2, 0.25) is 0 Å². The molecule has 1 atom stereocenters. The van der Waals surface area contributed by atoms with E-state index in [1.54, 1.807) is 0 Å². The molecule has 0 saturated heterocycles. The van der Waals surface area contributed by atoms with Crippen molar-refractivity contribution < 1.29 is 0 Å². The van der Waals surface area contributed by atoms with Gasteiger partial charge < -0.3 is 10.2 Å². The van der Waals surface area contributed by atoms with Gasteiger partial charge in [0, 0.05) is 18.3 Å². The number of terminal acetylenes is 1. The predicted molar refractivity (Wildman–Crippen MR) is 75.3 cm³/mol. The molecule has 0 amide bonds. The van der Waals surface area contributed by atoms with Crippen LogP contribution in [0.15, 0.2) is 24.3 Å². The molecule has 1 aromatic carbocycles. The second-order valence-electron chi connectivity index (χ2n) is 4.23. The first-order chi connectivity index (χ1) is 8.22. The number of nitrogens with zero attached hydrogens (tertiary/aromatic N) is 1. The minimum Gasteiger partial charge on any atom is -0.360 e. The first-order valence-corrected chi connectivity index (χ1v) is 6.18. The number of rotatable bonds is 6. The lowest BCUT2D eigenvalue weighted by molar-refractivity contribution is 0.652. The SMILES string of the molecule is C#CCN(CCC)c1ccc(C(C)NC)cc1. The Bertz CT molecular complexity index is 362. The van der Waals surface area contributed by atoms with E-state index in [1.165, 1.54) is 11.3 Å². The quantitative estimate of drug-likeness (QED) is 0.756. The molecule has 0 fully saturated rings. The van der Waals surface area contributed by atoms with Gasteiger partial charge in [-0.25, -0.2) is 0 Å². The second kappa shape index (κ2) is 6.98. The molecule has 0 bridgehead atoms. The molecule has 1 N–H and O–H groups in total. The monoisotopic (exact) mass is 230 g/mol. The molecule has 0 aliphatic carbocycles. The molecule has 0 spiro atoms. The van der Waals surface area contributed by atoms with Crippen LogP contribution in [0.5, 0.6) is 0 Å². The molecule has 17 heavy (non-hydrogen) atoms. The van der Waals surface area contributed by atoms with Crippen LogP contribution in [-0.4, -0.2) is 20.1 Å². The first-order valence-electron chi connectivity index (χ1n) is 6.18. The average molecular weight is 230 g/mol. The van der Waals surface area contributed by atoms with E-state index < -0.39 is 0 Å². The van der Waals surface area contributed by atoms with Crippen molar-refractivity contribution in [3.8, 4) is 12.3 Å². The summed E-state index contributed by atoms with van der Waals surface area (Å²) in [4.78, 5) is 2.23. The highest BCUT2D eigenvalue weighted by Gasteiger charge is 2.06. The minimum atomic E-state index is 0.385. The lowest BCUT2D eigenvalue weighted by Gasteiger charge is -2.22. The van der Waals surface area contributed by atoms with Gasteiger partial charge in [0.1, 0.15) is 0 Å². The third-order valence-electron chi connectivity index (χ3n) is 2.97. The van der Waals surface area contributed by atoms with E-state index in [-0.39, 0.29) is 0 Å². The van der Waals surface area contributed by atoms with Crippen LogP contribution < -0.4 is 10.2 Å². The maximum absolute atomic E-state index is 5.40. The van der Waals surface area contributed by atoms with Crippen LogP contribution >= 0.6 is 0 Å². The summed E-state index contributed by atoms with van der Waals surface area (Å²) in [5.41, 5.74) is 2.50. The standard InChI is InChI=1S/C15H22N2/c1-5-11-17(12-6-2)15-9-7-14(8-10-15)13(3)16-4/h1,7-10,13,16H,6,11-12H2,2-4H3. The highest BCUT2D eigenvalue weighted by molar-refractivity contribution is 5.49. The summed E-state index contributed by atoms with van der Waals surface area (Å²) in [6.45, 7) is 6.00. The molecule has 1 unspecified atom stereocenters. The molecule has 0 radical (unpaired) electrons. The summed E-state index contributed by atoms with van der Waals surface area (Å²) in [6, 6.07) is 9.01. The molecule has 2 heteroatoms. The van der Waals surface area contributed by atoms with E-state index in [1.807, 2.05) is 7.05 Å². The van der Waals surface area contributed by atoms with Crippen LogP contribution in [0.4, 0.5) is 5.69 Å². The van der Waals surface area contributed by atoms with E-state index in [0.29, 0.717) is 12.6 Å². The van der Waals surface area contributed by atoms with Crippen molar-refractivity contribution in [2.75, 3.05) is 25.0 Å². The molecule has 0 aromatic heterocycles. The Balaban J connectivity index is 2.80. The van der Waals surface area contributed by atoms with Gasteiger partial charge in [-0.15, -0.1) is 6.42 Å². The molecule has 1 rings (SSSR count). The topological polar surface area (TPSA) is 15.3 Å². The largest absolute Gasteiger partial charge is 0.360 e. The molecule has 1 aromatic rings. The van der Waals surface area contributed by atoms with Crippen molar-refractivity contribution in [3.63, 3.8) is 0 Å². The molecule has 0 heterocycles. The van der Waals surface area contributed by atoms with Gasteiger partial charge in [-0.2, -0.15) is 0 Å². The molecule has 0 aliphatic rings. The van der Waals surface area contributed by atoms with E-state index in [0.717, 1.165) is 13.0 Å². The number of benzene rings is 1. The van der Waals surface area contributed by atoms with Crippen molar-refractivity contribution in [3.05, 3.63) is 29.8 Å². The summed E-state index contributed by atoms with van der Waals surface area (Å²) in [6.07, 6.45) is 6.50. The van der Waals surface area contributed by atoms with Crippen LogP contribution in [0, 0.1) is 12.3 Å². The van der Waals surface area contributed by atoms with E-state index in [4.69, 9.17) is 6.42 Å². The molecule has 0 aliphatic heterocycles. The zero-order valence-corrected chi connectivity index (χ0v) is 11.0. The van der Waals surface area contributed by atoms with Gasteiger partial charge in [-0.05, 0) is 38.1 Å². The Kier molecular flexibility index (Phi) is 5.59. The number of nitrogens with one attached hydrogen (secondary N) is 1. The van der Waals surface area contributed by atoms with Gasteiger partial charge in [0.15, 0.2) is 0 Å². The molecular weight excluding hydrogens is 208 g/mol. The summed E-state index contributed by atoms with van der Waals surface area (Å²) < 4.78 is 0. The van der Waals surface area contributed by atoms with E-state index >= 15 is 0 Å². The third-order valence-corrected chi connectivity index (χ3v) is 2.97. The first kappa shape index (κ1) is 13.6. The lowest BCUT2D eigenvalue weighted by atomic mass is 10.1. The Morgan fingerprint density at radius 3 is 2.47 bits per heavy atom. The normalized spacial score (nSPS) is 11.9. The Morgan fingerprint density at radius 2 is 2.00 bits per heavy atom. The van der Waals surface area contributed by atoms with Crippen molar-refractivity contribution >= 4 is 5.69 Å². The zero-order chi connectivity index (χ0) is 12.7. The van der Waals surface area contributed by atoms with Gasteiger partial charge >= 0.3 is 0 Å². The van der Waals surface area contributed by atoms with Crippen molar-refractivity contribution in [2.45, 2.75) is 26.3 Å². The van der Waals surface area contributed by atoms with Crippen molar-refractivity contribution in [2.24, 2.45) is 0 Å². The van der Waals surface area contributed by atoms with Crippen LogP contribution in [-0.2, 0) is 0 Å². The fraction of sp³-hybridized carbons (Fsp3) is 0.467. The predicted octanol–water partition coefficient (Wildman–Crippen LogP) is 2.82. The smallest absolute Gasteiger partial charge is 0.0791 e. The molecule has 92 valence electrons. The molecule has 0 saturated carbocycles. The Hall–Kier alpha value is -1.46. The van der Waals surface area contributed by atoms with Gasteiger partial charge in [0.2, 0.25) is 0 Å². The highest BCUT2D eigenvalue weighted by Crippen LogP contribution is 2.19. The van der Waals surface area contributed by atoms with Gasteiger partial charge in [-0.3, -0.25) is 0 Å². The summed E-state index contributed by atoms with van der Waals surface area (Å²) in [5.74, 6) is 2.71. The maximum Gasteiger partial charge on any atom is 0.0791 e. The highest BCUT2D eigenvalue weighted by atomic mass is 15.1. The third kappa shape index (κ3) is 3.80. The van der Waals surface area contributed by atoms with Crippen molar-refractivity contribution in [1.82, 2.24) is 5.32 Å². The fourth-order valence-corrected chi connectivity index (χ4v) is 1.82. The summed E-state index contributed by atoms with van der Waals surface area (Å²) in [5, 5.41) is 3.23. The Morgan fingerprint density at radius 1 is 1.35 bits per heavy atom. The number of anilines is 1. The van der Waals surface area contributed by atoms with Crippen LogP contribution in [0.1, 0.15) is 31.9 Å². The van der Waals surface area contributed by atoms with E-state index in [2.05, 4.69) is 54.3 Å². The number of hydrogen-bond donors (Lipinski definition) is 1. The number of hydrogen-bond acceptors (Lipinski definition) is 2. The molecule has 2 nitrogen and oxygen atoms in total. The maximum atomic E-state index is 5.40. The fourth-order valence-electron chi connectivity index (χ4n) is 1.82. The van der Waals surface area contributed by atoms with Gasteiger partial charge in [-0.1, -0.05) is 25.0 Å². The zero-order valence-electron chi connectivity index (χ0n) is 11.0. The average Bonchev–Trinajstić information content (AvgIpc) is 2.38. The van der Waals surface area contributed by atoms with Crippen LogP contribution in [0.25, 0.3) is 0 Å². The van der Waals surface area contributed by atoms with Gasteiger partial charge in [0.05, 0.1) is 6.54 Å².